The smallest absolute Gasteiger partial charge is 0.120 e. The zero-order chi connectivity index (χ0) is 10.1. The summed E-state index contributed by atoms with van der Waals surface area (Å²) in [6, 6.07) is 6.02. The SMILES string of the molecule is Cc1cc(Br)ccc1NC1CCC1F. The van der Waals surface area contributed by atoms with Gasteiger partial charge in [-0.15, -0.1) is 0 Å². The number of aryl methyl sites for hydroxylation is 1. The second kappa shape index (κ2) is 3.89. The fourth-order valence-electron chi connectivity index (χ4n) is 1.61. The molecule has 1 aromatic rings. The molecule has 1 aromatic carbocycles. The van der Waals surface area contributed by atoms with Crippen molar-refractivity contribution in [1.82, 2.24) is 0 Å². The van der Waals surface area contributed by atoms with E-state index in [0.717, 1.165) is 22.1 Å². The van der Waals surface area contributed by atoms with Crippen molar-refractivity contribution in [3.63, 3.8) is 0 Å². The summed E-state index contributed by atoms with van der Waals surface area (Å²) in [5.74, 6) is 0. The Bertz CT molecular complexity index is 340. The molecule has 76 valence electrons. The van der Waals surface area contributed by atoms with E-state index in [-0.39, 0.29) is 6.04 Å². The maximum absolute atomic E-state index is 13.0. The summed E-state index contributed by atoms with van der Waals surface area (Å²) < 4.78 is 14.1. The summed E-state index contributed by atoms with van der Waals surface area (Å²) in [6.07, 6.45) is 0.974. The van der Waals surface area contributed by atoms with Crippen molar-refractivity contribution in [1.29, 1.82) is 0 Å². The van der Waals surface area contributed by atoms with E-state index in [1.165, 1.54) is 0 Å². The van der Waals surface area contributed by atoms with Crippen molar-refractivity contribution in [3.05, 3.63) is 28.2 Å². The Morgan fingerprint density at radius 3 is 2.71 bits per heavy atom. The van der Waals surface area contributed by atoms with Crippen LogP contribution in [0.3, 0.4) is 0 Å². The molecule has 14 heavy (non-hydrogen) atoms. The van der Waals surface area contributed by atoms with Crippen LogP contribution in [0.1, 0.15) is 18.4 Å². The Labute approximate surface area is 91.8 Å². The molecule has 0 radical (unpaired) electrons. The van der Waals surface area contributed by atoms with Crippen molar-refractivity contribution >= 4 is 21.6 Å². The molecule has 1 N–H and O–H groups in total. The zero-order valence-corrected chi connectivity index (χ0v) is 9.64. The fourth-order valence-corrected chi connectivity index (χ4v) is 2.09. The summed E-state index contributed by atoms with van der Waals surface area (Å²) in [5.41, 5.74) is 2.19. The van der Waals surface area contributed by atoms with E-state index < -0.39 is 6.17 Å². The van der Waals surface area contributed by atoms with Gasteiger partial charge in [-0.3, -0.25) is 0 Å². The number of anilines is 1. The normalized spacial score (nSPS) is 25.6. The summed E-state index contributed by atoms with van der Waals surface area (Å²) in [5, 5.41) is 3.23. The molecule has 2 unspecified atom stereocenters. The summed E-state index contributed by atoms with van der Waals surface area (Å²) in [4.78, 5) is 0. The van der Waals surface area contributed by atoms with E-state index in [1.807, 2.05) is 25.1 Å². The maximum atomic E-state index is 13.0. The molecule has 2 rings (SSSR count). The number of rotatable bonds is 2. The first-order valence-corrected chi connectivity index (χ1v) is 5.63. The number of halogens is 2. The lowest BCUT2D eigenvalue weighted by atomic mass is 9.90. The minimum atomic E-state index is -0.668. The third-order valence-electron chi connectivity index (χ3n) is 2.72. The highest BCUT2D eigenvalue weighted by Gasteiger charge is 2.30. The van der Waals surface area contributed by atoms with Crippen LogP contribution in [0.5, 0.6) is 0 Å². The molecule has 1 aliphatic carbocycles. The number of alkyl halides is 1. The molecule has 1 saturated carbocycles. The van der Waals surface area contributed by atoms with E-state index in [9.17, 15) is 4.39 Å². The molecule has 0 spiro atoms. The van der Waals surface area contributed by atoms with Crippen molar-refractivity contribution in [2.45, 2.75) is 32.0 Å². The van der Waals surface area contributed by atoms with Crippen molar-refractivity contribution in [2.24, 2.45) is 0 Å². The average Bonchev–Trinajstić information content (AvgIpc) is 2.14. The van der Waals surface area contributed by atoms with Crippen LogP contribution in [0.4, 0.5) is 10.1 Å². The largest absolute Gasteiger partial charge is 0.379 e. The number of benzene rings is 1. The second-order valence-electron chi connectivity index (χ2n) is 3.80. The van der Waals surface area contributed by atoms with Crippen molar-refractivity contribution in [3.8, 4) is 0 Å². The lowest BCUT2D eigenvalue weighted by molar-refractivity contribution is 0.186. The zero-order valence-electron chi connectivity index (χ0n) is 8.06. The summed E-state index contributed by atoms with van der Waals surface area (Å²) in [6.45, 7) is 2.03. The Balaban J connectivity index is 2.09. The van der Waals surface area contributed by atoms with Crippen LogP contribution in [0.2, 0.25) is 0 Å². The van der Waals surface area contributed by atoms with Gasteiger partial charge in [0, 0.05) is 10.2 Å². The Morgan fingerprint density at radius 2 is 2.21 bits per heavy atom. The Hall–Kier alpha value is -0.570. The van der Waals surface area contributed by atoms with E-state index >= 15 is 0 Å². The Morgan fingerprint density at radius 1 is 1.43 bits per heavy atom. The number of nitrogens with one attached hydrogen (secondary N) is 1. The molecule has 0 bridgehead atoms. The molecule has 0 aliphatic heterocycles. The highest BCUT2D eigenvalue weighted by molar-refractivity contribution is 9.10. The molecular weight excluding hydrogens is 245 g/mol. The molecule has 0 saturated heterocycles. The van der Waals surface area contributed by atoms with E-state index in [2.05, 4.69) is 21.2 Å². The van der Waals surface area contributed by atoms with Gasteiger partial charge in [-0.1, -0.05) is 15.9 Å². The summed E-state index contributed by atoms with van der Waals surface area (Å²) in [7, 11) is 0. The monoisotopic (exact) mass is 257 g/mol. The van der Waals surface area contributed by atoms with Gasteiger partial charge in [0.1, 0.15) is 6.17 Å². The predicted octanol–water partition coefficient (Wildman–Crippen LogP) is 3.67. The standard InChI is InChI=1S/C11H13BrFN/c1-7-6-8(12)2-4-10(7)14-11-5-3-9(11)13/h2,4,6,9,11,14H,3,5H2,1H3. The minimum Gasteiger partial charge on any atom is -0.379 e. The molecule has 1 nitrogen and oxygen atoms in total. The lowest BCUT2D eigenvalue weighted by Gasteiger charge is -2.32. The minimum absolute atomic E-state index is 0.0230. The topological polar surface area (TPSA) is 12.0 Å². The summed E-state index contributed by atoms with van der Waals surface area (Å²) >= 11 is 3.40. The third-order valence-corrected chi connectivity index (χ3v) is 3.21. The molecule has 2 atom stereocenters. The quantitative estimate of drug-likeness (QED) is 0.853. The van der Waals surface area contributed by atoms with Gasteiger partial charge in [-0.2, -0.15) is 0 Å². The number of hydrogen-bond donors (Lipinski definition) is 1. The van der Waals surface area contributed by atoms with Gasteiger partial charge in [0.15, 0.2) is 0 Å². The van der Waals surface area contributed by atoms with E-state index in [1.54, 1.807) is 0 Å². The van der Waals surface area contributed by atoms with Crippen LogP contribution in [-0.4, -0.2) is 12.2 Å². The van der Waals surface area contributed by atoms with Gasteiger partial charge < -0.3 is 5.32 Å². The molecule has 3 heteroatoms. The van der Waals surface area contributed by atoms with E-state index in [4.69, 9.17) is 0 Å². The first-order valence-electron chi connectivity index (χ1n) is 4.83. The maximum Gasteiger partial charge on any atom is 0.120 e. The van der Waals surface area contributed by atoms with Crippen LogP contribution >= 0.6 is 15.9 Å². The molecular formula is C11H13BrFN. The Kier molecular flexibility index (Phi) is 2.77. The van der Waals surface area contributed by atoms with Gasteiger partial charge in [0.05, 0.1) is 6.04 Å². The molecule has 1 fully saturated rings. The van der Waals surface area contributed by atoms with Crippen LogP contribution in [0.25, 0.3) is 0 Å². The average molecular weight is 258 g/mol. The molecule has 0 heterocycles. The predicted molar refractivity (Wildman–Crippen MR) is 60.4 cm³/mol. The van der Waals surface area contributed by atoms with Gasteiger partial charge in [0.2, 0.25) is 0 Å². The van der Waals surface area contributed by atoms with Gasteiger partial charge in [-0.25, -0.2) is 4.39 Å². The van der Waals surface area contributed by atoms with Crippen molar-refractivity contribution < 1.29 is 4.39 Å². The third kappa shape index (κ3) is 1.92. The van der Waals surface area contributed by atoms with Crippen molar-refractivity contribution in [2.75, 3.05) is 5.32 Å². The highest BCUT2D eigenvalue weighted by Crippen LogP contribution is 2.29. The van der Waals surface area contributed by atoms with Crippen LogP contribution in [0.15, 0.2) is 22.7 Å². The molecule has 1 aliphatic rings. The lowest BCUT2D eigenvalue weighted by Crippen LogP contribution is -2.40. The van der Waals surface area contributed by atoms with Gasteiger partial charge in [-0.05, 0) is 43.5 Å². The first kappa shape index (κ1) is 9.97. The fraction of sp³-hybridized carbons (Fsp3) is 0.455. The molecule has 0 amide bonds. The van der Waals surface area contributed by atoms with E-state index in [0.29, 0.717) is 6.42 Å². The van der Waals surface area contributed by atoms with Crippen LogP contribution < -0.4 is 5.32 Å². The van der Waals surface area contributed by atoms with Crippen LogP contribution in [-0.2, 0) is 0 Å². The van der Waals surface area contributed by atoms with Crippen LogP contribution in [0, 0.1) is 6.92 Å². The number of hydrogen-bond acceptors (Lipinski definition) is 1. The van der Waals surface area contributed by atoms with Gasteiger partial charge >= 0.3 is 0 Å². The highest BCUT2D eigenvalue weighted by atomic mass is 79.9. The molecule has 0 aromatic heterocycles. The van der Waals surface area contributed by atoms with Gasteiger partial charge in [0.25, 0.3) is 0 Å². The second-order valence-corrected chi connectivity index (χ2v) is 4.72. The first-order chi connectivity index (χ1) is 6.66.